The number of rotatable bonds is 6. The first kappa shape index (κ1) is 18.6. The second kappa shape index (κ2) is 7.21. The largest absolute Gasteiger partial charge is 0.467 e. The molecule has 2 unspecified atom stereocenters. The fourth-order valence-corrected chi connectivity index (χ4v) is 4.50. The zero-order valence-corrected chi connectivity index (χ0v) is 14.2. The summed E-state index contributed by atoms with van der Waals surface area (Å²) in [5.74, 6) is -1.66. The molecule has 1 fully saturated rings. The van der Waals surface area contributed by atoms with E-state index in [-0.39, 0.29) is 13.2 Å². The molecule has 0 aromatic heterocycles. The highest BCUT2D eigenvalue weighted by Crippen LogP contribution is 2.56. The van der Waals surface area contributed by atoms with Crippen molar-refractivity contribution in [3.8, 4) is 0 Å². The van der Waals surface area contributed by atoms with Gasteiger partial charge in [0.2, 0.25) is 5.91 Å². The van der Waals surface area contributed by atoms with Crippen LogP contribution < -0.4 is 0 Å². The van der Waals surface area contributed by atoms with Crippen LogP contribution in [-0.4, -0.2) is 73.8 Å². The Morgan fingerprint density at radius 2 is 1.68 bits per heavy atom. The summed E-state index contributed by atoms with van der Waals surface area (Å²) in [4.78, 5) is 38.3. The van der Waals surface area contributed by atoms with E-state index in [0.29, 0.717) is 0 Å². The van der Waals surface area contributed by atoms with Crippen molar-refractivity contribution in [2.45, 2.75) is 25.5 Å². The third-order valence-corrected chi connectivity index (χ3v) is 5.71. The maximum absolute atomic E-state index is 13.0. The van der Waals surface area contributed by atoms with Gasteiger partial charge in [0.05, 0.1) is 20.3 Å². The molecule has 0 aromatic carbocycles. The van der Waals surface area contributed by atoms with Crippen LogP contribution >= 0.6 is 7.60 Å². The lowest BCUT2D eigenvalue weighted by molar-refractivity contribution is -0.150. The minimum absolute atomic E-state index is 0.0241. The number of carbonyl (C=O) groups is 3. The van der Waals surface area contributed by atoms with Crippen molar-refractivity contribution >= 4 is 25.5 Å². The van der Waals surface area contributed by atoms with Crippen LogP contribution in [0.4, 0.5) is 4.79 Å². The first-order valence-corrected chi connectivity index (χ1v) is 8.37. The topological polar surface area (TPSA) is 102 Å². The summed E-state index contributed by atoms with van der Waals surface area (Å²) in [5, 5.41) is 0. The van der Waals surface area contributed by atoms with E-state index in [4.69, 9.17) is 9.05 Å². The van der Waals surface area contributed by atoms with Crippen molar-refractivity contribution in [2.24, 2.45) is 0 Å². The number of imide groups is 1. The minimum atomic E-state index is -3.96. The van der Waals surface area contributed by atoms with Gasteiger partial charge >= 0.3 is 19.6 Å². The maximum atomic E-state index is 13.0. The number of urea groups is 1. The molecule has 126 valence electrons. The quantitative estimate of drug-likeness (QED) is 0.519. The Morgan fingerprint density at radius 3 is 2.09 bits per heavy atom. The number of hydrogen-bond donors (Lipinski definition) is 0. The van der Waals surface area contributed by atoms with Gasteiger partial charge in [-0.15, -0.1) is 0 Å². The van der Waals surface area contributed by atoms with Crippen molar-refractivity contribution in [3.63, 3.8) is 0 Å². The van der Waals surface area contributed by atoms with E-state index < -0.39 is 37.2 Å². The minimum Gasteiger partial charge on any atom is -0.467 e. The predicted molar refractivity (Wildman–Crippen MR) is 76.4 cm³/mol. The highest BCUT2D eigenvalue weighted by atomic mass is 31.2. The molecule has 1 rings (SSSR count). The summed E-state index contributed by atoms with van der Waals surface area (Å²) in [6.07, 6.45) is 0. The molecule has 22 heavy (non-hydrogen) atoms. The van der Waals surface area contributed by atoms with Crippen LogP contribution in [0.3, 0.4) is 0 Å². The number of carbonyl (C=O) groups excluding carboxylic acids is 3. The van der Waals surface area contributed by atoms with Gasteiger partial charge in [0.25, 0.3) is 0 Å². The third kappa shape index (κ3) is 3.16. The lowest BCUT2D eigenvalue weighted by Crippen LogP contribution is -2.64. The SMILES string of the molecule is CCOP(=O)(OCC)C1C(=O)N(C)C(=O)N(C)C1C(=O)OC. The molecule has 0 N–H and O–H groups in total. The number of nitrogens with zero attached hydrogens (tertiary/aromatic N) is 2. The summed E-state index contributed by atoms with van der Waals surface area (Å²) in [6.45, 7) is 3.22. The Labute approximate surface area is 129 Å². The van der Waals surface area contributed by atoms with Crippen LogP contribution in [0.5, 0.6) is 0 Å². The van der Waals surface area contributed by atoms with Crippen LogP contribution in [0.25, 0.3) is 0 Å². The molecule has 10 heteroatoms. The van der Waals surface area contributed by atoms with Crippen LogP contribution in [0.1, 0.15) is 13.8 Å². The Kier molecular flexibility index (Phi) is 6.10. The Morgan fingerprint density at radius 1 is 1.18 bits per heavy atom. The Balaban J connectivity index is 3.40. The fraction of sp³-hybridized carbons (Fsp3) is 0.750. The van der Waals surface area contributed by atoms with Crippen molar-refractivity contribution < 1.29 is 32.7 Å². The van der Waals surface area contributed by atoms with E-state index in [2.05, 4.69) is 4.74 Å². The number of ether oxygens (including phenoxy) is 1. The maximum Gasteiger partial charge on any atom is 0.345 e. The van der Waals surface area contributed by atoms with E-state index in [1.165, 1.54) is 14.1 Å². The highest BCUT2D eigenvalue weighted by Gasteiger charge is 2.57. The molecule has 1 aliphatic heterocycles. The molecular formula is C12H21N2O7P. The van der Waals surface area contributed by atoms with Gasteiger partial charge in [-0.3, -0.25) is 14.3 Å². The lowest BCUT2D eigenvalue weighted by Gasteiger charge is -2.41. The van der Waals surface area contributed by atoms with Crippen LogP contribution in [0, 0.1) is 0 Å². The number of methoxy groups -OCH3 is 1. The summed E-state index contributed by atoms with van der Waals surface area (Å²) in [6, 6.07) is -2.07. The van der Waals surface area contributed by atoms with Crippen molar-refractivity contribution in [2.75, 3.05) is 34.4 Å². The third-order valence-electron chi connectivity index (χ3n) is 3.29. The van der Waals surface area contributed by atoms with Crippen molar-refractivity contribution in [1.29, 1.82) is 0 Å². The molecule has 0 aromatic rings. The smallest absolute Gasteiger partial charge is 0.345 e. The average Bonchev–Trinajstić information content (AvgIpc) is 2.48. The molecule has 1 aliphatic rings. The van der Waals surface area contributed by atoms with Crippen LogP contribution in [0.15, 0.2) is 0 Å². The van der Waals surface area contributed by atoms with Gasteiger partial charge in [0.1, 0.15) is 0 Å². The van der Waals surface area contributed by atoms with E-state index in [9.17, 15) is 18.9 Å². The number of amides is 3. The number of hydrogen-bond acceptors (Lipinski definition) is 7. The molecule has 0 spiro atoms. The second-order valence-electron chi connectivity index (χ2n) is 4.58. The van der Waals surface area contributed by atoms with Gasteiger partial charge in [-0.2, -0.15) is 0 Å². The first-order chi connectivity index (χ1) is 10.2. The summed E-state index contributed by atoms with van der Waals surface area (Å²) >= 11 is 0. The van der Waals surface area contributed by atoms with E-state index in [0.717, 1.165) is 16.9 Å². The van der Waals surface area contributed by atoms with Crippen molar-refractivity contribution in [1.82, 2.24) is 9.80 Å². The van der Waals surface area contributed by atoms with E-state index in [1.54, 1.807) is 13.8 Å². The summed E-state index contributed by atoms with van der Waals surface area (Å²) in [5.41, 5.74) is -1.47. The second-order valence-corrected chi connectivity index (χ2v) is 6.73. The summed E-state index contributed by atoms with van der Waals surface area (Å²) in [7, 11) is -0.282. The first-order valence-electron chi connectivity index (χ1n) is 6.76. The predicted octanol–water partition coefficient (Wildman–Crippen LogP) is 0.686. The lowest BCUT2D eigenvalue weighted by atomic mass is 10.1. The molecule has 0 aliphatic carbocycles. The van der Waals surface area contributed by atoms with Gasteiger partial charge in [-0.25, -0.2) is 9.59 Å². The molecule has 0 saturated carbocycles. The Bertz CT molecular complexity index is 500. The molecule has 0 bridgehead atoms. The zero-order valence-electron chi connectivity index (χ0n) is 13.3. The van der Waals surface area contributed by atoms with Gasteiger partial charge in [-0.05, 0) is 13.8 Å². The molecular weight excluding hydrogens is 315 g/mol. The van der Waals surface area contributed by atoms with Crippen molar-refractivity contribution in [3.05, 3.63) is 0 Å². The van der Waals surface area contributed by atoms with E-state index >= 15 is 0 Å². The molecule has 2 atom stereocenters. The molecule has 0 radical (unpaired) electrons. The number of esters is 1. The molecule has 9 nitrogen and oxygen atoms in total. The molecule has 1 saturated heterocycles. The zero-order chi connectivity index (χ0) is 17.1. The average molecular weight is 336 g/mol. The van der Waals surface area contributed by atoms with E-state index in [1.807, 2.05) is 0 Å². The standard InChI is InChI=1S/C12H21N2O7P/c1-6-20-22(18,21-7-2)9-8(11(16)19-5)13(3)12(17)14(4)10(9)15/h8-9H,6-7H2,1-5H3. The van der Waals surface area contributed by atoms with Gasteiger partial charge in [0, 0.05) is 14.1 Å². The molecule has 1 heterocycles. The van der Waals surface area contributed by atoms with Crippen LogP contribution in [0.2, 0.25) is 0 Å². The summed E-state index contributed by atoms with van der Waals surface area (Å²) < 4.78 is 28.0. The number of likely N-dealkylation sites (N-methyl/N-ethyl adjacent to an activating group) is 1. The Hall–Kier alpha value is -1.44. The van der Waals surface area contributed by atoms with Gasteiger partial charge in [0.15, 0.2) is 11.7 Å². The molecule has 3 amide bonds. The van der Waals surface area contributed by atoms with Gasteiger partial charge in [-0.1, -0.05) is 0 Å². The highest BCUT2D eigenvalue weighted by molar-refractivity contribution is 7.56. The van der Waals surface area contributed by atoms with Gasteiger partial charge < -0.3 is 18.7 Å². The monoisotopic (exact) mass is 336 g/mol. The normalized spacial score (nSPS) is 23.0. The fourth-order valence-electron chi connectivity index (χ4n) is 2.27. The van der Waals surface area contributed by atoms with Crippen LogP contribution in [-0.2, 0) is 27.9 Å².